The highest BCUT2D eigenvalue weighted by molar-refractivity contribution is 4.86. The Morgan fingerprint density at radius 2 is 2.00 bits per heavy atom. The van der Waals surface area contributed by atoms with Gasteiger partial charge in [-0.25, -0.2) is 0 Å². The van der Waals surface area contributed by atoms with Crippen molar-refractivity contribution in [3.8, 4) is 0 Å². The quantitative estimate of drug-likeness (QED) is 0.775. The molecule has 1 rings (SSSR count). The van der Waals surface area contributed by atoms with Crippen molar-refractivity contribution in [2.24, 2.45) is 17.8 Å². The third kappa shape index (κ3) is 3.74. The van der Waals surface area contributed by atoms with Crippen molar-refractivity contribution in [3.05, 3.63) is 0 Å². The Balaban J connectivity index is 2.53. The molecule has 2 nitrogen and oxygen atoms in total. The van der Waals surface area contributed by atoms with Crippen molar-refractivity contribution >= 4 is 0 Å². The van der Waals surface area contributed by atoms with Gasteiger partial charge in [0.2, 0.25) is 0 Å². The molecule has 0 amide bonds. The van der Waals surface area contributed by atoms with E-state index in [1.54, 1.807) is 0 Å². The number of nitrogens with one attached hydrogen (secondary N) is 1. The van der Waals surface area contributed by atoms with Gasteiger partial charge in [0.25, 0.3) is 0 Å². The Morgan fingerprint density at radius 1 is 1.31 bits per heavy atom. The van der Waals surface area contributed by atoms with Crippen LogP contribution in [0.15, 0.2) is 0 Å². The molecular weight excluding hydrogens is 196 g/mol. The first-order valence-electron chi connectivity index (χ1n) is 6.94. The van der Waals surface area contributed by atoms with Crippen LogP contribution in [-0.4, -0.2) is 38.1 Å². The van der Waals surface area contributed by atoms with E-state index >= 15 is 0 Å². The van der Waals surface area contributed by atoms with Gasteiger partial charge in [-0.2, -0.15) is 0 Å². The summed E-state index contributed by atoms with van der Waals surface area (Å²) in [5, 5.41) is 3.52. The van der Waals surface area contributed by atoms with Gasteiger partial charge in [-0.15, -0.1) is 0 Å². The fraction of sp³-hybridized carbons (Fsp3) is 1.00. The number of hydrogen-bond acceptors (Lipinski definition) is 2. The van der Waals surface area contributed by atoms with Crippen molar-refractivity contribution in [1.29, 1.82) is 0 Å². The summed E-state index contributed by atoms with van der Waals surface area (Å²) >= 11 is 0. The Kier molecular flexibility index (Phi) is 5.77. The maximum absolute atomic E-state index is 3.52. The molecule has 1 N–H and O–H groups in total. The van der Waals surface area contributed by atoms with Crippen molar-refractivity contribution in [1.82, 2.24) is 10.2 Å². The van der Waals surface area contributed by atoms with Crippen molar-refractivity contribution in [2.75, 3.05) is 27.2 Å². The van der Waals surface area contributed by atoms with Crippen LogP contribution in [0.3, 0.4) is 0 Å². The van der Waals surface area contributed by atoms with Crippen LogP contribution in [0.5, 0.6) is 0 Å². The van der Waals surface area contributed by atoms with Crippen LogP contribution in [0.2, 0.25) is 0 Å². The van der Waals surface area contributed by atoms with E-state index in [9.17, 15) is 0 Å². The second-order valence-corrected chi connectivity index (χ2v) is 5.83. The second-order valence-electron chi connectivity index (χ2n) is 5.83. The zero-order chi connectivity index (χ0) is 12.1. The first kappa shape index (κ1) is 14.0. The molecule has 0 heterocycles. The summed E-state index contributed by atoms with van der Waals surface area (Å²) in [5.41, 5.74) is 0. The van der Waals surface area contributed by atoms with Gasteiger partial charge >= 0.3 is 0 Å². The number of rotatable bonds is 5. The lowest BCUT2D eigenvalue weighted by atomic mass is 9.73. The van der Waals surface area contributed by atoms with Crippen molar-refractivity contribution in [2.45, 2.75) is 46.1 Å². The Morgan fingerprint density at radius 3 is 2.50 bits per heavy atom. The monoisotopic (exact) mass is 226 g/mol. The zero-order valence-corrected chi connectivity index (χ0v) is 11.8. The van der Waals surface area contributed by atoms with Crippen LogP contribution in [-0.2, 0) is 0 Å². The van der Waals surface area contributed by atoms with Gasteiger partial charge in [-0.3, -0.25) is 0 Å². The minimum absolute atomic E-state index is 0.740. The van der Waals surface area contributed by atoms with Crippen LogP contribution < -0.4 is 5.32 Å². The highest BCUT2D eigenvalue weighted by Gasteiger charge is 2.31. The molecule has 96 valence electrons. The first-order chi connectivity index (χ1) is 7.58. The Bertz CT molecular complexity index is 191. The average Bonchev–Trinajstić information content (AvgIpc) is 2.28. The largest absolute Gasteiger partial charge is 0.317 e. The fourth-order valence-electron chi connectivity index (χ4n) is 3.02. The summed E-state index contributed by atoms with van der Waals surface area (Å²) in [7, 11) is 4.37. The Labute approximate surface area is 102 Å². The van der Waals surface area contributed by atoms with Gasteiger partial charge in [0, 0.05) is 12.6 Å². The van der Waals surface area contributed by atoms with Crippen LogP contribution in [0.1, 0.15) is 40.0 Å². The number of hydrogen-bond donors (Lipinski definition) is 1. The topological polar surface area (TPSA) is 15.3 Å². The first-order valence-corrected chi connectivity index (χ1v) is 6.94. The maximum atomic E-state index is 3.52. The third-order valence-electron chi connectivity index (χ3n) is 4.42. The van der Waals surface area contributed by atoms with E-state index in [4.69, 9.17) is 0 Å². The molecular formula is C14H30N2. The molecule has 1 aliphatic carbocycles. The normalized spacial score (nSPS) is 31.3. The minimum atomic E-state index is 0.740. The lowest BCUT2D eigenvalue weighted by Gasteiger charge is -2.39. The lowest BCUT2D eigenvalue weighted by molar-refractivity contribution is 0.138. The summed E-state index contributed by atoms with van der Waals surface area (Å²) in [6, 6.07) is 0.740. The predicted octanol–water partition coefficient (Wildman–Crippen LogP) is 2.60. The summed E-state index contributed by atoms with van der Waals surface area (Å²) in [5.74, 6) is 2.64. The molecule has 0 aromatic rings. The molecule has 0 aromatic carbocycles. The molecule has 1 saturated carbocycles. The van der Waals surface area contributed by atoms with Gasteiger partial charge < -0.3 is 10.2 Å². The number of nitrogens with zero attached hydrogens (tertiary/aromatic N) is 1. The highest BCUT2D eigenvalue weighted by atomic mass is 15.1. The molecule has 16 heavy (non-hydrogen) atoms. The Hall–Kier alpha value is -0.0800. The molecule has 1 fully saturated rings. The van der Waals surface area contributed by atoms with E-state index in [-0.39, 0.29) is 0 Å². The van der Waals surface area contributed by atoms with E-state index in [1.807, 2.05) is 0 Å². The molecule has 3 atom stereocenters. The maximum Gasteiger partial charge on any atom is 0.0105 e. The second kappa shape index (κ2) is 6.61. The molecule has 1 aliphatic rings. The minimum Gasteiger partial charge on any atom is -0.317 e. The average molecular weight is 226 g/mol. The van der Waals surface area contributed by atoms with E-state index < -0.39 is 0 Å². The summed E-state index contributed by atoms with van der Waals surface area (Å²) in [4.78, 5) is 2.46. The molecule has 0 aromatic heterocycles. The van der Waals surface area contributed by atoms with E-state index in [1.165, 1.54) is 32.4 Å². The SMILES string of the molecule is CCN(C)CC1CC(C(C)C)CCC1NC. The van der Waals surface area contributed by atoms with E-state index in [0.29, 0.717) is 0 Å². The molecule has 2 heteroatoms. The summed E-state index contributed by atoms with van der Waals surface area (Å²) < 4.78 is 0. The third-order valence-corrected chi connectivity index (χ3v) is 4.42. The highest BCUT2D eigenvalue weighted by Crippen LogP contribution is 2.34. The molecule has 0 saturated heterocycles. The predicted molar refractivity (Wildman–Crippen MR) is 71.7 cm³/mol. The van der Waals surface area contributed by atoms with Gasteiger partial charge in [0.05, 0.1) is 0 Å². The van der Waals surface area contributed by atoms with Crippen LogP contribution in [0, 0.1) is 17.8 Å². The van der Waals surface area contributed by atoms with Gasteiger partial charge in [0.15, 0.2) is 0 Å². The van der Waals surface area contributed by atoms with Gasteiger partial charge in [-0.05, 0) is 57.7 Å². The zero-order valence-electron chi connectivity index (χ0n) is 11.8. The standard InChI is InChI=1S/C14H30N2/c1-6-16(5)10-13-9-12(11(2)3)7-8-14(13)15-4/h11-15H,6-10H2,1-5H3. The van der Waals surface area contributed by atoms with E-state index in [0.717, 1.165) is 23.8 Å². The summed E-state index contributed by atoms with van der Waals surface area (Å²) in [6.07, 6.45) is 4.19. The molecule has 0 radical (unpaired) electrons. The smallest absolute Gasteiger partial charge is 0.0105 e. The van der Waals surface area contributed by atoms with Crippen LogP contribution >= 0.6 is 0 Å². The molecule has 0 aliphatic heterocycles. The summed E-state index contributed by atoms with van der Waals surface area (Å²) in [6.45, 7) is 9.43. The van der Waals surface area contributed by atoms with Gasteiger partial charge in [0.1, 0.15) is 0 Å². The molecule has 0 spiro atoms. The van der Waals surface area contributed by atoms with E-state index in [2.05, 4.69) is 45.1 Å². The van der Waals surface area contributed by atoms with Crippen LogP contribution in [0.25, 0.3) is 0 Å². The van der Waals surface area contributed by atoms with Crippen molar-refractivity contribution in [3.63, 3.8) is 0 Å². The van der Waals surface area contributed by atoms with Gasteiger partial charge in [-0.1, -0.05) is 20.8 Å². The lowest BCUT2D eigenvalue weighted by Crippen LogP contribution is -2.44. The molecule has 0 bridgehead atoms. The van der Waals surface area contributed by atoms with Crippen molar-refractivity contribution < 1.29 is 0 Å². The van der Waals surface area contributed by atoms with Crippen LogP contribution in [0.4, 0.5) is 0 Å². The fourth-order valence-corrected chi connectivity index (χ4v) is 3.02. The molecule has 3 unspecified atom stereocenters.